The van der Waals surface area contributed by atoms with Gasteiger partial charge in [-0.05, 0) is 25.2 Å². The van der Waals surface area contributed by atoms with Gasteiger partial charge in [0.15, 0.2) is 5.04 Å². The second-order valence-corrected chi connectivity index (χ2v) is 5.64. The van der Waals surface area contributed by atoms with Crippen LogP contribution in [0.1, 0.15) is 19.7 Å². The summed E-state index contributed by atoms with van der Waals surface area (Å²) in [5.41, 5.74) is 0.840. The lowest BCUT2D eigenvalue weighted by Gasteiger charge is -2.16. The summed E-state index contributed by atoms with van der Waals surface area (Å²) in [5.74, 6) is 1.46. The molecule has 0 saturated carbocycles. The van der Waals surface area contributed by atoms with E-state index in [-0.39, 0.29) is 5.89 Å². The standard InChI is InChI=1S/C15H20N4O2S/c1-3-19(4-2)10-11-22-15(18-20)14-17-16-13(21-14)12-8-6-5-7-9-12/h5-9,20H,3-4,10-11H2,1-2H3/b18-15-. The summed E-state index contributed by atoms with van der Waals surface area (Å²) < 4.78 is 5.59. The van der Waals surface area contributed by atoms with Gasteiger partial charge in [-0.2, -0.15) is 0 Å². The van der Waals surface area contributed by atoms with Crippen LogP contribution in [0.2, 0.25) is 0 Å². The fourth-order valence-electron chi connectivity index (χ4n) is 1.95. The van der Waals surface area contributed by atoms with Gasteiger partial charge in [0.2, 0.25) is 5.89 Å². The van der Waals surface area contributed by atoms with Crippen LogP contribution in [0.4, 0.5) is 0 Å². The van der Waals surface area contributed by atoms with Crippen molar-refractivity contribution in [1.29, 1.82) is 0 Å². The molecule has 0 saturated heterocycles. The molecule has 7 heteroatoms. The normalized spacial score (nSPS) is 12.0. The van der Waals surface area contributed by atoms with E-state index in [1.165, 1.54) is 11.8 Å². The van der Waals surface area contributed by atoms with Crippen LogP contribution in [0.3, 0.4) is 0 Å². The minimum atomic E-state index is 0.242. The molecule has 0 atom stereocenters. The van der Waals surface area contributed by atoms with E-state index in [0.717, 1.165) is 31.0 Å². The van der Waals surface area contributed by atoms with Crippen LogP contribution in [-0.2, 0) is 0 Å². The van der Waals surface area contributed by atoms with Gasteiger partial charge >= 0.3 is 0 Å². The van der Waals surface area contributed by atoms with Gasteiger partial charge in [-0.3, -0.25) is 0 Å². The Hall–Kier alpha value is -1.86. The molecule has 0 aliphatic rings. The van der Waals surface area contributed by atoms with Crippen molar-refractivity contribution in [3.63, 3.8) is 0 Å². The predicted molar refractivity (Wildman–Crippen MR) is 88.3 cm³/mol. The minimum Gasteiger partial charge on any atom is -0.414 e. The third-order valence-electron chi connectivity index (χ3n) is 3.26. The second-order valence-electron chi connectivity index (χ2n) is 4.56. The predicted octanol–water partition coefficient (Wildman–Crippen LogP) is 2.95. The van der Waals surface area contributed by atoms with Crippen molar-refractivity contribution in [3.8, 4) is 11.5 Å². The molecule has 2 rings (SSSR count). The molecule has 0 spiro atoms. The highest BCUT2D eigenvalue weighted by atomic mass is 32.2. The molecular formula is C15H20N4O2S. The highest BCUT2D eigenvalue weighted by molar-refractivity contribution is 8.14. The summed E-state index contributed by atoms with van der Waals surface area (Å²) in [7, 11) is 0. The third kappa shape index (κ3) is 4.32. The van der Waals surface area contributed by atoms with Gasteiger partial charge in [0, 0.05) is 17.9 Å². The van der Waals surface area contributed by atoms with E-state index in [9.17, 15) is 0 Å². The molecule has 0 aliphatic heterocycles. The van der Waals surface area contributed by atoms with Crippen LogP contribution in [0.5, 0.6) is 0 Å². The van der Waals surface area contributed by atoms with Gasteiger partial charge in [0.1, 0.15) is 0 Å². The lowest BCUT2D eigenvalue weighted by Crippen LogP contribution is -2.25. The van der Waals surface area contributed by atoms with Gasteiger partial charge in [-0.15, -0.1) is 10.2 Å². The Morgan fingerprint density at radius 3 is 2.59 bits per heavy atom. The van der Waals surface area contributed by atoms with Crippen molar-refractivity contribution in [2.45, 2.75) is 13.8 Å². The maximum absolute atomic E-state index is 9.16. The van der Waals surface area contributed by atoms with Crippen molar-refractivity contribution >= 4 is 16.8 Å². The Balaban J connectivity index is 1.99. The number of benzene rings is 1. The maximum atomic E-state index is 9.16. The van der Waals surface area contributed by atoms with Gasteiger partial charge in [-0.25, -0.2) is 0 Å². The molecule has 0 unspecified atom stereocenters. The molecule has 0 fully saturated rings. The van der Waals surface area contributed by atoms with Crippen LogP contribution in [0.25, 0.3) is 11.5 Å². The van der Waals surface area contributed by atoms with Gasteiger partial charge in [-0.1, -0.05) is 49.0 Å². The summed E-state index contributed by atoms with van der Waals surface area (Å²) in [4.78, 5) is 2.30. The number of aromatic nitrogens is 2. The molecule has 0 radical (unpaired) electrons. The number of rotatable bonds is 7. The van der Waals surface area contributed by atoms with E-state index in [0.29, 0.717) is 10.9 Å². The zero-order valence-electron chi connectivity index (χ0n) is 12.8. The second kappa shape index (κ2) is 8.55. The van der Waals surface area contributed by atoms with E-state index >= 15 is 0 Å². The summed E-state index contributed by atoms with van der Waals surface area (Å²) in [5, 5.41) is 20.8. The first kappa shape index (κ1) is 16.5. The van der Waals surface area contributed by atoms with Crippen LogP contribution >= 0.6 is 11.8 Å². The Morgan fingerprint density at radius 1 is 1.23 bits per heavy atom. The van der Waals surface area contributed by atoms with Crippen LogP contribution < -0.4 is 0 Å². The van der Waals surface area contributed by atoms with Gasteiger partial charge in [0.05, 0.1) is 0 Å². The minimum absolute atomic E-state index is 0.242. The van der Waals surface area contributed by atoms with Crippen LogP contribution in [0.15, 0.2) is 39.9 Å². The largest absolute Gasteiger partial charge is 0.414 e. The molecule has 6 nitrogen and oxygen atoms in total. The number of thioether (sulfide) groups is 1. The maximum Gasteiger partial charge on any atom is 0.276 e. The third-order valence-corrected chi connectivity index (χ3v) is 4.18. The topological polar surface area (TPSA) is 74.8 Å². The lowest BCUT2D eigenvalue weighted by molar-refractivity contribution is 0.319. The molecule has 1 aromatic carbocycles. The molecular weight excluding hydrogens is 300 g/mol. The van der Waals surface area contributed by atoms with Crippen LogP contribution in [-0.4, -0.2) is 50.7 Å². The SMILES string of the molecule is CCN(CC)CCS/C(=N\O)c1nnc(-c2ccccc2)o1. The highest BCUT2D eigenvalue weighted by Gasteiger charge is 2.15. The van der Waals surface area contributed by atoms with Crippen molar-refractivity contribution in [3.05, 3.63) is 36.2 Å². The monoisotopic (exact) mass is 320 g/mol. The van der Waals surface area contributed by atoms with Gasteiger partial charge in [0.25, 0.3) is 5.89 Å². The van der Waals surface area contributed by atoms with Crippen molar-refractivity contribution in [2.75, 3.05) is 25.4 Å². The summed E-state index contributed by atoms with van der Waals surface area (Å²) in [6.07, 6.45) is 0. The van der Waals surface area contributed by atoms with Crippen molar-refractivity contribution < 1.29 is 9.62 Å². The molecule has 0 aliphatic carbocycles. The molecule has 0 bridgehead atoms. The fraction of sp³-hybridized carbons (Fsp3) is 0.400. The van der Waals surface area contributed by atoms with Crippen molar-refractivity contribution in [2.24, 2.45) is 5.16 Å². The lowest BCUT2D eigenvalue weighted by atomic mass is 10.2. The number of oxime groups is 1. The van der Waals surface area contributed by atoms with E-state index in [1.54, 1.807) is 0 Å². The Morgan fingerprint density at radius 2 is 1.95 bits per heavy atom. The Bertz CT molecular complexity index is 597. The van der Waals surface area contributed by atoms with E-state index in [2.05, 4.69) is 34.1 Å². The number of nitrogens with zero attached hydrogens (tertiary/aromatic N) is 4. The molecule has 118 valence electrons. The first-order valence-corrected chi connectivity index (χ1v) is 8.23. The zero-order valence-corrected chi connectivity index (χ0v) is 13.6. The molecule has 1 aromatic heterocycles. The fourth-order valence-corrected chi connectivity index (χ4v) is 2.76. The number of hydrogen-bond donors (Lipinski definition) is 1. The first-order valence-electron chi connectivity index (χ1n) is 7.25. The van der Waals surface area contributed by atoms with E-state index in [1.807, 2.05) is 30.3 Å². The molecule has 0 amide bonds. The van der Waals surface area contributed by atoms with E-state index < -0.39 is 0 Å². The first-order chi connectivity index (χ1) is 10.8. The smallest absolute Gasteiger partial charge is 0.276 e. The highest BCUT2D eigenvalue weighted by Crippen LogP contribution is 2.20. The zero-order chi connectivity index (χ0) is 15.8. The summed E-state index contributed by atoms with van der Waals surface area (Å²) >= 11 is 1.40. The quantitative estimate of drug-likeness (QED) is 0.366. The number of hydrogen-bond acceptors (Lipinski definition) is 7. The molecule has 1 heterocycles. The van der Waals surface area contributed by atoms with E-state index in [4.69, 9.17) is 9.62 Å². The average Bonchev–Trinajstić information content (AvgIpc) is 3.06. The summed E-state index contributed by atoms with van der Waals surface area (Å²) in [6, 6.07) is 9.50. The molecule has 2 aromatic rings. The molecule has 1 N–H and O–H groups in total. The van der Waals surface area contributed by atoms with Crippen LogP contribution in [0, 0.1) is 0 Å². The summed E-state index contributed by atoms with van der Waals surface area (Å²) in [6.45, 7) is 7.16. The molecule has 22 heavy (non-hydrogen) atoms. The van der Waals surface area contributed by atoms with Gasteiger partial charge < -0.3 is 14.5 Å². The van der Waals surface area contributed by atoms with Crippen molar-refractivity contribution in [1.82, 2.24) is 15.1 Å². The Labute approximate surface area is 134 Å². The Kier molecular flexibility index (Phi) is 6.42. The average molecular weight is 320 g/mol.